The van der Waals surface area contributed by atoms with Crippen LogP contribution in [0.1, 0.15) is 17.5 Å². The van der Waals surface area contributed by atoms with Crippen LogP contribution in [0.25, 0.3) is 0 Å². The Morgan fingerprint density at radius 3 is 2.71 bits per heavy atom. The van der Waals surface area contributed by atoms with E-state index in [1.165, 1.54) is 17.4 Å². The standard InChI is InChI=1S/C17H26N4O2S/c1-18-17(19-11-14-7-10-21(12-14)24(2,22)23)20-9-8-15-5-3-4-6-16(15)13-20/h3-6,14H,7-13H2,1-2H3,(H,18,19). The van der Waals surface area contributed by atoms with Crippen molar-refractivity contribution in [1.29, 1.82) is 0 Å². The summed E-state index contributed by atoms with van der Waals surface area (Å²) in [6.07, 6.45) is 3.22. The van der Waals surface area contributed by atoms with Gasteiger partial charge in [0.25, 0.3) is 0 Å². The average Bonchev–Trinajstić information content (AvgIpc) is 3.04. The van der Waals surface area contributed by atoms with Crippen LogP contribution in [0.15, 0.2) is 29.3 Å². The average molecular weight is 350 g/mol. The lowest BCUT2D eigenvalue weighted by Gasteiger charge is -2.32. The molecule has 0 aliphatic carbocycles. The molecule has 2 aliphatic heterocycles. The monoisotopic (exact) mass is 350 g/mol. The first-order valence-corrected chi connectivity index (χ1v) is 10.3. The Bertz CT molecular complexity index is 717. The van der Waals surface area contributed by atoms with E-state index >= 15 is 0 Å². The molecule has 1 unspecified atom stereocenters. The van der Waals surface area contributed by atoms with Crippen molar-refractivity contribution in [3.8, 4) is 0 Å². The maximum absolute atomic E-state index is 11.6. The SMILES string of the molecule is CN=C(NCC1CCN(S(C)(=O)=O)C1)N1CCc2ccccc2C1. The lowest BCUT2D eigenvalue weighted by Crippen LogP contribution is -2.45. The molecular weight excluding hydrogens is 324 g/mol. The topological polar surface area (TPSA) is 65.0 Å². The summed E-state index contributed by atoms with van der Waals surface area (Å²) in [7, 11) is -1.26. The number of aliphatic imine (C=N–C) groups is 1. The number of rotatable bonds is 3. The van der Waals surface area contributed by atoms with Gasteiger partial charge in [0.2, 0.25) is 10.0 Å². The number of sulfonamides is 1. The zero-order valence-corrected chi connectivity index (χ0v) is 15.2. The molecule has 1 aromatic carbocycles. The highest BCUT2D eigenvalue weighted by molar-refractivity contribution is 7.88. The van der Waals surface area contributed by atoms with Crippen LogP contribution in [-0.4, -0.2) is 63.1 Å². The van der Waals surface area contributed by atoms with Crippen molar-refractivity contribution in [2.45, 2.75) is 19.4 Å². The quantitative estimate of drug-likeness (QED) is 0.650. The third-order valence-corrected chi connectivity index (χ3v) is 6.18. The van der Waals surface area contributed by atoms with E-state index in [1.54, 1.807) is 11.4 Å². The molecule has 132 valence electrons. The second-order valence-corrected chi connectivity index (χ2v) is 8.63. The lowest BCUT2D eigenvalue weighted by molar-refractivity contribution is 0.373. The minimum absolute atomic E-state index is 0.341. The molecule has 1 N–H and O–H groups in total. The van der Waals surface area contributed by atoms with Crippen LogP contribution < -0.4 is 5.32 Å². The second kappa shape index (κ2) is 7.11. The van der Waals surface area contributed by atoms with Gasteiger partial charge in [-0.2, -0.15) is 0 Å². The molecule has 1 aromatic rings. The Balaban J connectivity index is 1.55. The predicted molar refractivity (Wildman–Crippen MR) is 96.4 cm³/mol. The summed E-state index contributed by atoms with van der Waals surface area (Å²) in [5.74, 6) is 1.25. The second-order valence-electron chi connectivity index (χ2n) is 6.64. The van der Waals surface area contributed by atoms with Crippen LogP contribution >= 0.6 is 0 Å². The van der Waals surface area contributed by atoms with Crippen LogP contribution in [0.5, 0.6) is 0 Å². The van der Waals surface area contributed by atoms with E-state index in [1.807, 2.05) is 0 Å². The normalized spacial score (nSPS) is 22.5. The summed E-state index contributed by atoms with van der Waals surface area (Å²) in [6, 6.07) is 8.54. The van der Waals surface area contributed by atoms with Crippen LogP contribution in [0.4, 0.5) is 0 Å². The molecule has 6 nitrogen and oxygen atoms in total. The van der Waals surface area contributed by atoms with Gasteiger partial charge in [-0.25, -0.2) is 12.7 Å². The van der Waals surface area contributed by atoms with E-state index < -0.39 is 10.0 Å². The third kappa shape index (κ3) is 3.89. The van der Waals surface area contributed by atoms with E-state index in [2.05, 4.69) is 39.5 Å². The fourth-order valence-corrected chi connectivity index (χ4v) is 4.43. The minimum Gasteiger partial charge on any atom is -0.356 e. The zero-order chi connectivity index (χ0) is 17.2. The lowest BCUT2D eigenvalue weighted by atomic mass is 10.0. The zero-order valence-electron chi connectivity index (χ0n) is 14.4. The number of nitrogens with one attached hydrogen (secondary N) is 1. The first kappa shape index (κ1) is 17.2. The molecule has 0 saturated carbocycles. The molecule has 3 rings (SSSR count). The van der Waals surface area contributed by atoms with Crippen LogP contribution in [0.3, 0.4) is 0 Å². The van der Waals surface area contributed by atoms with E-state index in [0.717, 1.165) is 38.4 Å². The van der Waals surface area contributed by atoms with E-state index in [0.29, 0.717) is 19.0 Å². The summed E-state index contributed by atoms with van der Waals surface area (Å²) >= 11 is 0. The first-order valence-electron chi connectivity index (χ1n) is 8.45. The molecule has 0 radical (unpaired) electrons. The summed E-state index contributed by atoms with van der Waals surface area (Å²) in [5, 5.41) is 3.44. The molecule has 7 heteroatoms. The van der Waals surface area contributed by atoms with Crippen molar-refractivity contribution in [3.63, 3.8) is 0 Å². The molecule has 0 spiro atoms. The summed E-state index contributed by atoms with van der Waals surface area (Å²) in [6.45, 7) is 3.82. The Hall–Kier alpha value is -1.60. The first-order chi connectivity index (χ1) is 11.5. The fraction of sp³-hybridized carbons (Fsp3) is 0.588. The third-order valence-electron chi connectivity index (χ3n) is 4.91. The van der Waals surface area contributed by atoms with Crippen molar-refractivity contribution in [1.82, 2.24) is 14.5 Å². The van der Waals surface area contributed by atoms with E-state index in [4.69, 9.17) is 0 Å². The number of hydrogen-bond acceptors (Lipinski definition) is 3. The van der Waals surface area contributed by atoms with Gasteiger partial charge in [0, 0.05) is 39.8 Å². The smallest absolute Gasteiger partial charge is 0.211 e. The van der Waals surface area contributed by atoms with Crippen molar-refractivity contribution in [2.75, 3.05) is 39.5 Å². The van der Waals surface area contributed by atoms with Gasteiger partial charge < -0.3 is 10.2 Å². The Morgan fingerprint density at radius 1 is 1.29 bits per heavy atom. The van der Waals surface area contributed by atoms with Crippen LogP contribution in [0.2, 0.25) is 0 Å². The highest BCUT2D eigenvalue weighted by Crippen LogP contribution is 2.20. The summed E-state index contributed by atoms with van der Waals surface area (Å²) in [4.78, 5) is 6.68. The molecule has 0 aromatic heterocycles. The van der Waals surface area contributed by atoms with Gasteiger partial charge in [0.05, 0.1) is 6.26 Å². The number of benzene rings is 1. The van der Waals surface area contributed by atoms with Gasteiger partial charge in [-0.05, 0) is 29.9 Å². The van der Waals surface area contributed by atoms with Gasteiger partial charge in [0.1, 0.15) is 0 Å². The van der Waals surface area contributed by atoms with Crippen LogP contribution in [0, 0.1) is 5.92 Å². The number of hydrogen-bond donors (Lipinski definition) is 1. The molecule has 1 atom stereocenters. The number of fused-ring (bicyclic) bond motifs is 1. The minimum atomic E-state index is -3.07. The number of nitrogens with zero attached hydrogens (tertiary/aromatic N) is 3. The van der Waals surface area contributed by atoms with Crippen molar-refractivity contribution < 1.29 is 8.42 Å². The van der Waals surface area contributed by atoms with Crippen molar-refractivity contribution in [2.24, 2.45) is 10.9 Å². The van der Waals surface area contributed by atoms with Crippen molar-refractivity contribution >= 4 is 16.0 Å². The van der Waals surface area contributed by atoms with Gasteiger partial charge in [-0.15, -0.1) is 0 Å². The van der Waals surface area contributed by atoms with E-state index in [-0.39, 0.29) is 0 Å². The molecule has 1 saturated heterocycles. The van der Waals surface area contributed by atoms with Crippen molar-refractivity contribution in [3.05, 3.63) is 35.4 Å². The maximum Gasteiger partial charge on any atom is 0.211 e. The molecule has 0 amide bonds. The molecule has 1 fully saturated rings. The Labute approximate surface area is 144 Å². The highest BCUT2D eigenvalue weighted by Gasteiger charge is 2.29. The molecule has 0 bridgehead atoms. The van der Waals surface area contributed by atoms with E-state index in [9.17, 15) is 8.42 Å². The predicted octanol–water partition coefficient (Wildman–Crippen LogP) is 0.902. The summed E-state index contributed by atoms with van der Waals surface area (Å²) < 4.78 is 24.8. The largest absolute Gasteiger partial charge is 0.356 e. The number of guanidine groups is 1. The highest BCUT2D eigenvalue weighted by atomic mass is 32.2. The van der Waals surface area contributed by atoms with Gasteiger partial charge in [-0.3, -0.25) is 4.99 Å². The van der Waals surface area contributed by atoms with Gasteiger partial charge >= 0.3 is 0 Å². The molecule has 24 heavy (non-hydrogen) atoms. The molecule has 2 heterocycles. The maximum atomic E-state index is 11.6. The van der Waals surface area contributed by atoms with Gasteiger partial charge in [-0.1, -0.05) is 24.3 Å². The molecule has 2 aliphatic rings. The fourth-order valence-electron chi connectivity index (χ4n) is 3.51. The Morgan fingerprint density at radius 2 is 2.04 bits per heavy atom. The van der Waals surface area contributed by atoms with Crippen LogP contribution in [-0.2, 0) is 23.0 Å². The summed E-state index contributed by atoms with van der Waals surface area (Å²) in [5.41, 5.74) is 2.78. The van der Waals surface area contributed by atoms with Gasteiger partial charge in [0.15, 0.2) is 5.96 Å². The Kier molecular flexibility index (Phi) is 5.10. The molecular formula is C17H26N4O2S.